The third kappa shape index (κ3) is 3.15. The van der Waals surface area contributed by atoms with Crippen LogP contribution >= 0.6 is 11.3 Å². The van der Waals surface area contributed by atoms with E-state index in [0.29, 0.717) is 0 Å². The van der Waals surface area contributed by atoms with Gasteiger partial charge in [0, 0.05) is 5.38 Å². The van der Waals surface area contributed by atoms with Gasteiger partial charge in [-0.1, -0.05) is 0 Å². The molecule has 0 atom stereocenters. The highest BCUT2D eigenvalue weighted by Crippen LogP contribution is 2.27. The highest BCUT2D eigenvalue weighted by atomic mass is 32.2. The molecule has 0 bridgehead atoms. The van der Waals surface area contributed by atoms with Gasteiger partial charge in [0.1, 0.15) is 4.90 Å². The Labute approximate surface area is 109 Å². The molecule has 0 amide bonds. The lowest BCUT2D eigenvalue weighted by Crippen LogP contribution is -2.20. The Kier molecular flexibility index (Phi) is 4.25. The minimum atomic E-state index is -4.16. The molecule has 0 aromatic carbocycles. The first kappa shape index (κ1) is 14.8. The van der Waals surface area contributed by atoms with Crippen LogP contribution in [0, 0.1) is 0 Å². The van der Waals surface area contributed by atoms with Crippen molar-refractivity contribution < 1.29 is 22.7 Å². The fourth-order valence-electron chi connectivity index (χ4n) is 1.29. The van der Waals surface area contributed by atoms with Crippen LogP contribution in [0.3, 0.4) is 0 Å². The quantitative estimate of drug-likeness (QED) is 0.662. The van der Waals surface area contributed by atoms with E-state index >= 15 is 0 Å². The van der Waals surface area contributed by atoms with Crippen LogP contribution in [0.1, 0.15) is 40.8 Å². The van der Waals surface area contributed by atoms with E-state index in [9.17, 15) is 18.0 Å². The van der Waals surface area contributed by atoms with E-state index in [1.54, 1.807) is 13.8 Å². The second-order valence-corrected chi connectivity index (χ2v) is 6.24. The molecule has 1 aromatic rings. The number of esters is 1. The molecule has 1 aromatic heterocycles. The molecule has 0 radical (unpaired) electrons. The van der Waals surface area contributed by atoms with E-state index in [4.69, 9.17) is 9.88 Å². The molecule has 0 aliphatic carbocycles. The Morgan fingerprint density at radius 3 is 2.33 bits per heavy atom. The van der Waals surface area contributed by atoms with Crippen LogP contribution in [0.25, 0.3) is 0 Å². The summed E-state index contributed by atoms with van der Waals surface area (Å²) in [5.74, 6) is -1.27. The lowest BCUT2D eigenvalue weighted by molar-refractivity contribution is 0.0374. The van der Waals surface area contributed by atoms with Crippen molar-refractivity contribution in [2.45, 2.75) is 31.8 Å². The molecule has 100 valence electrons. The van der Waals surface area contributed by atoms with Crippen LogP contribution < -0.4 is 5.14 Å². The summed E-state index contributed by atoms with van der Waals surface area (Å²) in [5, 5.41) is 6.29. The number of Topliss-reactive ketones (excluding diaryl/α,β-unsaturated/α-hetero) is 1. The van der Waals surface area contributed by atoms with Gasteiger partial charge in [-0.15, -0.1) is 11.3 Å². The summed E-state index contributed by atoms with van der Waals surface area (Å²) in [7, 11) is -4.16. The molecule has 2 N–H and O–H groups in total. The minimum Gasteiger partial charge on any atom is -0.459 e. The second kappa shape index (κ2) is 5.17. The molecular formula is C10H13NO5S2. The molecule has 6 nitrogen and oxygen atoms in total. The van der Waals surface area contributed by atoms with E-state index < -0.39 is 32.8 Å². The zero-order valence-electron chi connectivity index (χ0n) is 10.1. The number of thiophene rings is 1. The summed E-state index contributed by atoms with van der Waals surface area (Å²) in [5.41, 5.74) is -0.193. The van der Waals surface area contributed by atoms with Gasteiger partial charge in [-0.2, -0.15) is 0 Å². The Bertz CT molecular complexity index is 585. The predicted molar refractivity (Wildman–Crippen MR) is 66.2 cm³/mol. The standard InChI is InChI=1S/C10H13NO5S2/c1-5(2)16-10(13)7-4-17-8(6(3)12)9(7)18(11,14)15/h4-5H,1-3H3,(H2,11,14,15). The van der Waals surface area contributed by atoms with Gasteiger partial charge < -0.3 is 4.74 Å². The fraction of sp³-hybridized carbons (Fsp3) is 0.400. The summed E-state index contributed by atoms with van der Waals surface area (Å²) >= 11 is 0.857. The zero-order valence-corrected chi connectivity index (χ0v) is 11.7. The highest BCUT2D eigenvalue weighted by Gasteiger charge is 2.28. The number of ketones is 1. The van der Waals surface area contributed by atoms with Crippen molar-refractivity contribution in [2.24, 2.45) is 5.14 Å². The lowest BCUT2D eigenvalue weighted by Gasteiger charge is -2.08. The summed E-state index contributed by atoms with van der Waals surface area (Å²) in [6.07, 6.45) is -0.397. The Morgan fingerprint density at radius 1 is 1.39 bits per heavy atom. The molecule has 0 aliphatic heterocycles. The number of sulfonamides is 1. The number of hydrogen-bond acceptors (Lipinski definition) is 6. The second-order valence-electron chi connectivity index (χ2n) is 3.86. The Morgan fingerprint density at radius 2 is 1.94 bits per heavy atom. The zero-order chi connectivity index (χ0) is 14.1. The number of carbonyl (C=O) groups excluding carboxylic acids is 2. The van der Waals surface area contributed by atoms with E-state index in [1.807, 2.05) is 0 Å². The van der Waals surface area contributed by atoms with Crippen LogP contribution in [0.4, 0.5) is 0 Å². The first-order chi connectivity index (χ1) is 8.14. The Hall–Kier alpha value is -1.25. The fourth-order valence-corrected chi connectivity index (χ4v) is 3.54. The van der Waals surface area contributed by atoms with Crippen LogP contribution in [0.2, 0.25) is 0 Å². The van der Waals surface area contributed by atoms with Gasteiger partial charge >= 0.3 is 5.97 Å². The molecule has 1 rings (SSSR count). The first-order valence-electron chi connectivity index (χ1n) is 5.00. The van der Waals surface area contributed by atoms with E-state index in [0.717, 1.165) is 11.3 Å². The average molecular weight is 291 g/mol. The number of carbonyl (C=O) groups is 2. The van der Waals surface area contributed by atoms with Crippen LogP contribution in [-0.2, 0) is 14.8 Å². The molecule has 0 aliphatic rings. The summed E-state index contributed by atoms with van der Waals surface area (Å²) in [6, 6.07) is 0. The third-order valence-electron chi connectivity index (χ3n) is 1.91. The molecule has 0 saturated heterocycles. The lowest BCUT2D eigenvalue weighted by atomic mass is 10.2. The van der Waals surface area contributed by atoms with Gasteiger partial charge in [0.05, 0.1) is 16.5 Å². The number of primary sulfonamides is 1. The SMILES string of the molecule is CC(=O)c1scc(C(=O)OC(C)C)c1S(N)(=O)=O. The normalized spacial score (nSPS) is 11.6. The predicted octanol–water partition coefficient (Wildman–Crippen LogP) is 1.16. The van der Waals surface area contributed by atoms with Crippen molar-refractivity contribution >= 4 is 33.1 Å². The number of ether oxygens (including phenoxy) is 1. The summed E-state index contributed by atoms with van der Waals surface area (Å²) in [6.45, 7) is 4.47. The smallest absolute Gasteiger partial charge is 0.340 e. The topological polar surface area (TPSA) is 104 Å². The first-order valence-corrected chi connectivity index (χ1v) is 7.43. The van der Waals surface area contributed by atoms with Gasteiger partial charge in [-0.3, -0.25) is 4.79 Å². The van der Waals surface area contributed by atoms with Gasteiger partial charge in [0.2, 0.25) is 10.0 Å². The number of rotatable bonds is 4. The van der Waals surface area contributed by atoms with Crippen molar-refractivity contribution in [1.82, 2.24) is 0 Å². The van der Waals surface area contributed by atoms with Gasteiger partial charge in [0.15, 0.2) is 5.78 Å². The number of nitrogens with two attached hydrogens (primary N) is 1. The van der Waals surface area contributed by atoms with Crippen molar-refractivity contribution in [2.75, 3.05) is 0 Å². The molecule has 0 fully saturated rings. The highest BCUT2D eigenvalue weighted by molar-refractivity contribution is 7.89. The summed E-state index contributed by atoms with van der Waals surface area (Å²) in [4.78, 5) is 22.5. The van der Waals surface area contributed by atoms with Crippen molar-refractivity contribution in [1.29, 1.82) is 0 Å². The average Bonchev–Trinajstić information content (AvgIpc) is 2.59. The third-order valence-corrected chi connectivity index (χ3v) is 4.12. The van der Waals surface area contributed by atoms with E-state index in [1.165, 1.54) is 12.3 Å². The molecule has 0 unspecified atom stereocenters. The van der Waals surface area contributed by atoms with Gasteiger partial charge in [0.25, 0.3) is 0 Å². The largest absolute Gasteiger partial charge is 0.459 e. The molecular weight excluding hydrogens is 278 g/mol. The maximum absolute atomic E-state index is 11.7. The van der Waals surface area contributed by atoms with Gasteiger partial charge in [-0.05, 0) is 20.8 Å². The minimum absolute atomic E-state index is 0.0618. The van der Waals surface area contributed by atoms with Crippen LogP contribution in [0.5, 0.6) is 0 Å². The Balaban J connectivity index is 3.39. The summed E-state index contributed by atoms with van der Waals surface area (Å²) < 4.78 is 27.8. The molecule has 0 saturated carbocycles. The van der Waals surface area contributed by atoms with Crippen molar-refractivity contribution in [3.05, 3.63) is 15.8 Å². The number of hydrogen-bond donors (Lipinski definition) is 1. The molecule has 0 spiro atoms. The van der Waals surface area contributed by atoms with E-state index in [-0.39, 0.29) is 10.4 Å². The maximum Gasteiger partial charge on any atom is 0.340 e. The van der Waals surface area contributed by atoms with Crippen molar-refractivity contribution in [3.8, 4) is 0 Å². The van der Waals surface area contributed by atoms with Crippen molar-refractivity contribution in [3.63, 3.8) is 0 Å². The van der Waals surface area contributed by atoms with Gasteiger partial charge in [-0.25, -0.2) is 18.4 Å². The van der Waals surface area contributed by atoms with E-state index in [2.05, 4.69) is 0 Å². The molecule has 1 heterocycles. The van der Waals surface area contributed by atoms with Crippen LogP contribution in [-0.4, -0.2) is 26.3 Å². The molecule has 8 heteroatoms. The molecule has 18 heavy (non-hydrogen) atoms. The maximum atomic E-state index is 11.7. The monoisotopic (exact) mass is 291 g/mol. The van der Waals surface area contributed by atoms with Crippen LogP contribution in [0.15, 0.2) is 10.3 Å².